The van der Waals surface area contributed by atoms with Gasteiger partial charge in [-0.1, -0.05) is 143 Å². The van der Waals surface area contributed by atoms with Gasteiger partial charge in [0.15, 0.2) is 0 Å². The number of benzene rings is 6. The predicted molar refractivity (Wildman–Crippen MR) is 183 cm³/mol. The van der Waals surface area contributed by atoms with Gasteiger partial charge in [0.25, 0.3) is 0 Å². The Balaban J connectivity index is 1.38. The first-order chi connectivity index (χ1) is 20.9. The Morgan fingerprint density at radius 3 is 1.58 bits per heavy atom. The molecule has 0 unspecified atom stereocenters. The van der Waals surface area contributed by atoms with Gasteiger partial charge in [0.1, 0.15) is 0 Å². The summed E-state index contributed by atoms with van der Waals surface area (Å²) in [6.45, 7) is 9.60. The molecule has 0 spiro atoms. The van der Waals surface area contributed by atoms with Crippen LogP contribution in [0.1, 0.15) is 38.8 Å². The minimum absolute atomic E-state index is 0.00862. The van der Waals surface area contributed by atoms with Crippen LogP contribution in [0.5, 0.6) is 0 Å². The van der Waals surface area contributed by atoms with Gasteiger partial charge < -0.3 is 4.90 Å². The molecule has 43 heavy (non-hydrogen) atoms. The van der Waals surface area contributed by atoms with Crippen LogP contribution >= 0.6 is 0 Å². The van der Waals surface area contributed by atoms with Gasteiger partial charge in [-0.05, 0) is 86.2 Å². The van der Waals surface area contributed by atoms with Crippen molar-refractivity contribution in [1.82, 2.24) is 0 Å². The van der Waals surface area contributed by atoms with Crippen molar-refractivity contribution in [1.29, 1.82) is 0 Å². The summed E-state index contributed by atoms with van der Waals surface area (Å²) in [6, 6.07) is 55.1. The van der Waals surface area contributed by atoms with E-state index in [-0.39, 0.29) is 10.8 Å². The molecule has 1 heteroatoms. The van der Waals surface area contributed by atoms with E-state index in [9.17, 15) is 0 Å². The summed E-state index contributed by atoms with van der Waals surface area (Å²) in [5.74, 6) is 0. The summed E-state index contributed by atoms with van der Waals surface area (Å²) >= 11 is 0. The van der Waals surface area contributed by atoms with E-state index < -0.39 is 0 Å². The van der Waals surface area contributed by atoms with Crippen molar-refractivity contribution in [3.8, 4) is 33.4 Å². The molecule has 7 rings (SSSR count). The third-order valence-electron chi connectivity index (χ3n) is 9.85. The fourth-order valence-electron chi connectivity index (χ4n) is 6.75. The van der Waals surface area contributed by atoms with Crippen LogP contribution in [0.3, 0.4) is 0 Å². The lowest BCUT2D eigenvalue weighted by molar-refractivity contribution is 0.299. The van der Waals surface area contributed by atoms with Crippen LogP contribution in [0.2, 0.25) is 0 Å². The Morgan fingerprint density at radius 1 is 0.372 bits per heavy atom. The summed E-state index contributed by atoms with van der Waals surface area (Å²) in [6.07, 6.45) is 0. The van der Waals surface area contributed by atoms with Crippen molar-refractivity contribution >= 4 is 17.1 Å². The monoisotopic (exact) mass is 555 g/mol. The Bertz CT molecular complexity index is 1900. The van der Waals surface area contributed by atoms with Crippen molar-refractivity contribution in [2.45, 2.75) is 38.5 Å². The summed E-state index contributed by atoms with van der Waals surface area (Å²) in [5, 5.41) is 0. The Labute approximate surface area is 256 Å². The third-order valence-corrected chi connectivity index (χ3v) is 9.85. The molecule has 0 saturated heterocycles. The molecule has 0 aromatic heterocycles. The lowest BCUT2D eigenvalue weighted by Gasteiger charge is -2.48. The van der Waals surface area contributed by atoms with Crippen molar-refractivity contribution < 1.29 is 0 Å². The second-order valence-electron chi connectivity index (χ2n) is 12.7. The number of rotatable bonds is 5. The first-order valence-electron chi connectivity index (χ1n) is 15.2. The van der Waals surface area contributed by atoms with E-state index >= 15 is 0 Å². The molecule has 0 amide bonds. The van der Waals surface area contributed by atoms with Crippen molar-refractivity contribution in [3.63, 3.8) is 0 Å². The van der Waals surface area contributed by atoms with Crippen LogP contribution < -0.4 is 4.90 Å². The summed E-state index contributed by atoms with van der Waals surface area (Å²) in [7, 11) is 0. The van der Waals surface area contributed by atoms with Gasteiger partial charge in [-0.25, -0.2) is 0 Å². The van der Waals surface area contributed by atoms with Gasteiger partial charge in [0, 0.05) is 16.9 Å². The largest absolute Gasteiger partial charge is 0.310 e. The zero-order valence-electron chi connectivity index (χ0n) is 25.4. The molecular formula is C42H37N. The average molecular weight is 556 g/mol. The first-order valence-corrected chi connectivity index (χ1v) is 15.2. The number of hydrogen-bond donors (Lipinski definition) is 0. The molecule has 6 aromatic carbocycles. The highest BCUT2D eigenvalue weighted by Gasteiger charge is 2.45. The maximum absolute atomic E-state index is 2.45. The van der Waals surface area contributed by atoms with E-state index in [4.69, 9.17) is 0 Å². The molecule has 0 N–H and O–H groups in total. The van der Waals surface area contributed by atoms with Crippen LogP contribution in [-0.2, 0) is 10.8 Å². The lowest BCUT2D eigenvalue weighted by atomic mass is 9.55. The van der Waals surface area contributed by atoms with Crippen molar-refractivity contribution in [3.05, 3.63) is 163 Å². The van der Waals surface area contributed by atoms with E-state index in [0.717, 1.165) is 17.1 Å². The molecule has 0 radical (unpaired) electrons. The zero-order chi connectivity index (χ0) is 29.6. The number of para-hydroxylation sites is 2. The molecule has 0 aliphatic heterocycles. The number of nitrogens with zero attached hydrogens (tertiary/aromatic N) is 1. The molecule has 0 fully saturated rings. The molecule has 210 valence electrons. The number of hydrogen-bond acceptors (Lipinski definition) is 1. The smallest absolute Gasteiger partial charge is 0.0540 e. The summed E-state index contributed by atoms with van der Waals surface area (Å²) in [5.41, 5.74) is 13.8. The normalized spacial score (nSPS) is 14.4. The fourth-order valence-corrected chi connectivity index (χ4v) is 6.75. The van der Waals surface area contributed by atoms with Crippen LogP contribution in [0.15, 0.2) is 152 Å². The highest BCUT2D eigenvalue weighted by atomic mass is 15.1. The zero-order valence-corrected chi connectivity index (χ0v) is 25.4. The fraction of sp³-hybridized carbons (Fsp3) is 0.143. The van der Waals surface area contributed by atoms with Crippen LogP contribution in [0, 0.1) is 0 Å². The Kier molecular flexibility index (Phi) is 6.55. The molecule has 0 saturated carbocycles. The van der Waals surface area contributed by atoms with E-state index in [1.807, 2.05) is 0 Å². The molecule has 1 aliphatic rings. The molecule has 0 bridgehead atoms. The van der Waals surface area contributed by atoms with Crippen LogP contribution in [0.25, 0.3) is 33.4 Å². The minimum Gasteiger partial charge on any atom is -0.310 e. The van der Waals surface area contributed by atoms with Gasteiger partial charge >= 0.3 is 0 Å². The molecule has 0 atom stereocenters. The first kappa shape index (κ1) is 27.0. The SMILES string of the molecule is CC1(C)c2ccccc2-c2ccc(-c3ccccc3N(c3ccccc3)c3ccc(-c4ccccc4)cc3)cc2C1(C)C. The number of fused-ring (bicyclic) bond motifs is 3. The van der Waals surface area contributed by atoms with Crippen molar-refractivity contribution in [2.24, 2.45) is 0 Å². The van der Waals surface area contributed by atoms with Crippen LogP contribution in [0.4, 0.5) is 17.1 Å². The predicted octanol–water partition coefficient (Wildman–Crippen LogP) is 11.7. The van der Waals surface area contributed by atoms with E-state index in [1.54, 1.807) is 0 Å². The maximum atomic E-state index is 2.45. The highest BCUT2D eigenvalue weighted by molar-refractivity contribution is 5.90. The second kappa shape index (κ2) is 10.4. The standard InChI is InChI=1S/C42H37N/c1-41(2)38-21-13-11-20-36(38)37-28-25-32(29-39(37)42(41,3)4)35-19-12-14-22-40(35)43(33-17-9-6-10-18-33)34-26-23-31(24-27-34)30-15-7-5-8-16-30/h5-29H,1-4H3. The van der Waals surface area contributed by atoms with Gasteiger partial charge in [0.2, 0.25) is 0 Å². The number of anilines is 3. The maximum Gasteiger partial charge on any atom is 0.0540 e. The average Bonchev–Trinajstić information content (AvgIpc) is 3.05. The summed E-state index contributed by atoms with van der Waals surface area (Å²) in [4.78, 5) is 2.38. The van der Waals surface area contributed by atoms with E-state index in [0.29, 0.717) is 0 Å². The molecule has 1 nitrogen and oxygen atoms in total. The van der Waals surface area contributed by atoms with Gasteiger partial charge in [0.05, 0.1) is 5.69 Å². The quantitative estimate of drug-likeness (QED) is 0.204. The highest BCUT2D eigenvalue weighted by Crippen LogP contribution is 2.54. The van der Waals surface area contributed by atoms with Gasteiger partial charge in [-0.3, -0.25) is 0 Å². The Morgan fingerprint density at radius 2 is 0.860 bits per heavy atom. The molecular weight excluding hydrogens is 518 g/mol. The summed E-state index contributed by atoms with van der Waals surface area (Å²) < 4.78 is 0. The Hall–Kier alpha value is -4.88. The molecule has 6 aromatic rings. The molecule has 1 aliphatic carbocycles. The van der Waals surface area contributed by atoms with Crippen molar-refractivity contribution in [2.75, 3.05) is 4.90 Å². The molecule has 0 heterocycles. The van der Waals surface area contributed by atoms with E-state index in [2.05, 4.69) is 184 Å². The second-order valence-corrected chi connectivity index (χ2v) is 12.7. The van der Waals surface area contributed by atoms with Gasteiger partial charge in [-0.2, -0.15) is 0 Å². The van der Waals surface area contributed by atoms with E-state index in [1.165, 1.54) is 44.5 Å². The van der Waals surface area contributed by atoms with Crippen LogP contribution in [-0.4, -0.2) is 0 Å². The third kappa shape index (κ3) is 4.48. The minimum atomic E-state index is -0.0476. The topological polar surface area (TPSA) is 3.24 Å². The lowest BCUT2D eigenvalue weighted by Crippen LogP contribution is -2.43. The van der Waals surface area contributed by atoms with Gasteiger partial charge in [-0.15, -0.1) is 0 Å².